The molecule has 0 atom stereocenters. The number of benzene rings is 3. The predicted octanol–water partition coefficient (Wildman–Crippen LogP) is 3.47. The first-order valence-corrected chi connectivity index (χ1v) is 12.7. The zero-order chi connectivity index (χ0) is 24.7. The van der Waals surface area contributed by atoms with E-state index in [1.807, 2.05) is 6.07 Å². The molecule has 5 rings (SSSR count). The number of primary sulfonamides is 1. The van der Waals surface area contributed by atoms with Crippen molar-refractivity contribution < 1.29 is 22.7 Å². The minimum Gasteiger partial charge on any atom is -0.497 e. The first kappa shape index (κ1) is 22.8. The average molecular weight is 507 g/mol. The molecule has 0 radical (unpaired) electrons. The van der Waals surface area contributed by atoms with Crippen molar-refractivity contribution in [3.8, 4) is 5.75 Å². The Morgan fingerprint density at radius 1 is 1.00 bits per heavy atom. The molecule has 2 heterocycles. The SMILES string of the molecule is COc1ccc2c(c1)/C(=C1/S/C(=N\c3ccc(S(N)(=O)=O)cc3)N(c3ccccc3)C1=O)C(=O)N2. The standard InChI is InChI=1S/C24H18N4O5S2/c1-33-16-9-12-19-18(13-16)20(22(29)27-19)21-23(30)28(15-5-3-2-4-6-15)24(34-21)26-14-7-10-17(11-8-14)35(25,31)32/h2-13H,1H3,(H,27,29)(H2,25,31,32)/b21-20-,26-24-. The van der Waals surface area contributed by atoms with Gasteiger partial charge in [0.1, 0.15) is 5.75 Å². The van der Waals surface area contributed by atoms with Gasteiger partial charge in [0.05, 0.1) is 33.9 Å². The van der Waals surface area contributed by atoms with Gasteiger partial charge in [-0.05, 0) is 66.4 Å². The molecule has 11 heteroatoms. The van der Waals surface area contributed by atoms with Gasteiger partial charge in [-0.2, -0.15) is 0 Å². The molecule has 0 spiro atoms. The number of aliphatic imine (C=N–C) groups is 1. The Balaban J connectivity index is 1.64. The third kappa shape index (κ3) is 4.20. The fourth-order valence-corrected chi connectivity index (χ4v) is 5.34. The highest BCUT2D eigenvalue weighted by atomic mass is 32.2. The molecule has 3 N–H and O–H groups in total. The van der Waals surface area contributed by atoms with Gasteiger partial charge in [-0.3, -0.25) is 14.5 Å². The van der Waals surface area contributed by atoms with E-state index in [0.29, 0.717) is 33.5 Å². The zero-order valence-electron chi connectivity index (χ0n) is 18.3. The van der Waals surface area contributed by atoms with Crippen LogP contribution in [0.1, 0.15) is 5.56 Å². The van der Waals surface area contributed by atoms with Crippen molar-refractivity contribution in [1.29, 1.82) is 0 Å². The summed E-state index contributed by atoms with van der Waals surface area (Å²) in [6, 6.07) is 19.8. The van der Waals surface area contributed by atoms with Gasteiger partial charge in [-0.15, -0.1) is 0 Å². The van der Waals surface area contributed by atoms with Gasteiger partial charge in [0.2, 0.25) is 10.0 Å². The number of para-hydroxylation sites is 1. The molecule has 9 nitrogen and oxygen atoms in total. The van der Waals surface area contributed by atoms with Crippen LogP contribution in [0.5, 0.6) is 5.75 Å². The van der Waals surface area contributed by atoms with Crippen molar-refractivity contribution >= 4 is 61.4 Å². The summed E-state index contributed by atoms with van der Waals surface area (Å²) in [6.07, 6.45) is 0. The molecule has 0 unspecified atom stereocenters. The number of amidine groups is 1. The summed E-state index contributed by atoms with van der Waals surface area (Å²) in [5, 5.41) is 8.28. The van der Waals surface area contributed by atoms with Crippen LogP contribution in [0.2, 0.25) is 0 Å². The number of amides is 2. The number of ether oxygens (including phenoxy) is 1. The highest BCUT2D eigenvalue weighted by Crippen LogP contribution is 2.44. The predicted molar refractivity (Wildman–Crippen MR) is 135 cm³/mol. The lowest BCUT2D eigenvalue weighted by Crippen LogP contribution is -2.29. The summed E-state index contributed by atoms with van der Waals surface area (Å²) in [5.41, 5.74) is 2.38. The van der Waals surface area contributed by atoms with E-state index < -0.39 is 21.8 Å². The number of carbonyl (C=O) groups is 2. The van der Waals surface area contributed by atoms with Gasteiger partial charge in [0, 0.05) is 11.3 Å². The molecule has 0 saturated carbocycles. The number of nitrogens with two attached hydrogens (primary N) is 1. The summed E-state index contributed by atoms with van der Waals surface area (Å²) in [7, 11) is -2.32. The number of rotatable bonds is 4. The number of hydrogen-bond donors (Lipinski definition) is 2. The van der Waals surface area contributed by atoms with Crippen LogP contribution < -0.4 is 20.1 Å². The van der Waals surface area contributed by atoms with Crippen LogP contribution in [0.25, 0.3) is 5.57 Å². The van der Waals surface area contributed by atoms with E-state index in [2.05, 4.69) is 10.3 Å². The van der Waals surface area contributed by atoms with Crippen molar-refractivity contribution in [1.82, 2.24) is 0 Å². The molecule has 35 heavy (non-hydrogen) atoms. The number of carbonyl (C=O) groups excluding carboxylic acids is 2. The van der Waals surface area contributed by atoms with Gasteiger partial charge in [0.25, 0.3) is 11.8 Å². The van der Waals surface area contributed by atoms with Crippen LogP contribution in [-0.2, 0) is 19.6 Å². The number of hydrogen-bond acceptors (Lipinski definition) is 7. The number of fused-ring (bicyclic) bond motifs is 1. The van der Waals surface area contributed by atoms with Crippen molar-refractivity contribution in [3.63, 3.8) is 0 Å². The van der Waals surface area contributed by atoms with Crippen LogP contribution in [0, 0.1) is 0 Å². The quantitative estimate of drug-likeness (QED) is 0.521. The zero-order valence-corrected chi connectivity index (χ0v) is 19.9. The number of anilines is 2. The number of methoxy groups -OCH3 is 1. The van der Waals surface area contributed by atoms with Crippen LogP contribution in [0.4, 0.5) is 17.1 Å². The maximum atomic E-state index is 13.6. The molecule has 1 fully saturated rings. The van der Waals surface area contributed by atoms with Gasteiger partial charge < -0.3 is 10.1 Å². The monoisotopic (exact) mass is 506 g/mol. The van der Waals surface area contributed by atoms with Crippen LogP contribution in [0.3, 0.4) is 0 Å². The van der Waals surface area contributed by atoms with E-state index in [4.69, 9.17) is 9.88 Å². The second-order valence-corrected chi connectivity index (χ2v) is 10.1. The minimum absolute atomic E-state index is 0.0486. The lowest BCUT2D eigenvalue weighted by Gasteiger charge is -2.15. The molecule has 2 aliphatic heterocycles. The van der Waals surface area contributed by atoms with Crippen molar-refractivity contribution in [2.24, 2.45) is 10.1 Å². The normalized spacial score (nSPS) is 18.7. The summed E-state index contributed by atoms with van der Waals surface area (Å²) < 4.78 is 28.4. The maximum absolute atomic E-state index is 13.6. The molecule has 1 saturated heterocycles. The van der Waals surface area contributed by atoms with E-state index >= 15 is 0 Å². The molecule has 2 aliphatic rings. The third-order valence-electron chi connectivity index (χ3n) is 5.38. The van der Waals surface area contributed by atoms with Crippen molar-refractivity contribution in [3.05, 3.63) is 83.3 Å². The summed E-state index contributed by atoms with van der Waals surface area (Å²) >= 11 is 1.07. The van der Waals surface area contributed by atoms with E-state index in [-0.39, 0.29) is 15.4 Å². The highest BCUT2D eigenvalue weighted by Gasteiger charge is 2.41. The molecule has 2 amide bonds. The molecule has 0 aliphatic carbocycles. The Labute approximate surface area is 205 Å². The van der Waals surface area contributed by atoms with Crippen LogP contribution in [0.15, 0.2) is 87.6 Å². The van der Waals surface area contributed by atoms with E-state index in [0.717, 1.165) is 11.8 Å². The summed E-state index contributed by atoms with van der Waals surface area (Å²) in [5.74, 6) is -0.240. The topological polar surface area (TPSA) is 131 Å². The number of thioether (sulfide) groups is 1. The van der Waals surface area contributed by atoms with Gasteiger partial charge >= 0.3 is 0 Å². The lowest BCUT2D eigenvalue weighted by molar-refractivity contribution is -0.114. The fraction of sp³-hybridized carbons (Fsp3) is 0.0417. The highest BCUT2D eigenvalue weighted by molar-refractivity contribution is 8.19. The Morgan fingerprint density at radius 3 is 2.37 bits per heavy atom. The van der Waals surface area contributed by atoms with E-state index in [9.17, 15) is 18.0 Å². The summed E-state index contributed by atoms with van der Waals surface area (Å²) in [4.78, 5) is 32.7. The Morgan fingerprint density at radius 2 is 1.71 bits per heavy atom. The molecule has 0 bridgehead atoms. The first-order valence-electron chi connectivity index (χ1n) is 10.3. The van der Waals surface area contributed by atoms with Crippen molar-refractivity contribution in [2.75, 3.05) is 17.3 Å². The first-order chi connectivity index (χ1) is 16.8. The Hall–Kier alpha value is -3.93. The average Bonchev–Trinajstić information content (AvgIpc) is 3.33. The van der Waals surface area contributed by atoms with Gasteiger partial charge in [-0.1, -0.05) is 18.2 Å². The summed E-state index contributed by atoms with van der Waals surface area (Å²) in [6.45, 7) is 0. The molecular formula is C24H18N4O5S2. The second kappa shape index (κ2) is 8.69. The van der Waals surface area contributed by atoms with Crippen LogP contribution in [-0.4, -0.2) is 32.5 Å². The molecular weight excluding hydrogens is 488 g/mol. The van der Waals surface area contributed by atoms with E-state index in [1.54, 1.807) is 42.5 Å². The number of nitrogens with one attached hydrogen (secondary N) is 1. The van der Waals surface area contributed by atoms with Gasteiger partial charge in [-0.25, -0.2) is 18.5 Å². The minimum atomic E-state index is -3.85. The number of sulfonamides is 1. The molecule has 3 aromatic rings. The number of nitrogens with zero attached hydrogens (tertiary/aromatic N) is 2. The largest absolute Gasteiger partial charge is 0.497 e. The second-order valence-electron chi connectivity index (χ2n) is 7.58. The van der Waals surface area contributed by atoms with Crippen molar-refractivity contribution in [2.45, 2.75) is 4.90 Å². The molecule has 0 aromatic heterocycles. The smallest absolute Gasteiger partial charge is 0.272 e. The molecule has 3 aromatic carbocycles. The van der Waals surface area contributed by atoms with E-state index in [1.165, 1.54) is 36.3 Å². The van der Waals surface area contributed by atoms with Gasteiger partial charge in [0.15, 0.2) is 5.17 Å². The van der Waals surface area contributed by atoms with Crippen LogP contribution >= 0.6 is 11.8 Å². The lowest BCUT2D eigenvalue weighted by atomic mass is 10.1. The molecule has 176 valence electrons. The Bertz CT molecular complexity index is 1530. The Kier molecular flexibility index (Phi) is 5.67. The maximum Gasteiger partial charge on any atom is 0.272 e. The third-order valence-corrected chi connectivity index (χ3v) is 7.35. The fourth-order valence-electron chi connectivity index (χ4n) is 3.72.